The maximum Gasteiger partial charge on any atom is 0.0668 e. The average Bonchev–Trinajstić information content (AvgIpc) is 2.58. The zero-order chi connectivity index (χ0) is 11.7. The van der Waals surface area contributed by atoms with Crippen molar-refractivity contribution < 1.29 is 0 Å². The number of nitrogens with two attached hydrogens (primary N) is 1. The van der Waals surface area contributed by atoms with E-state index in [4.69, 9.17) is 5.73 Å². The Morgan fingerprint density at radius 3 is 2.44 bits per heavy atom. The minimum atomic E-state index is -0.0800. The van der Waals surface area contributed by atoms with Crippen LogP contribution in [0.4, 0.5) is 0 Å². The highest BCUT2D eigenvalue weighted by Crippen LogP contribution is 2.36. The van der Waals surface area contributed by atoms with Crippen molar-refractivity contribution in [2.24, 2.45) is 5.73 Å². The standard InChI is InChI=1S/C12H11Br2NS/c1-7-6-10(14)12(16-7)11(15)8-4-2-3-5-9(8)13/h2-6,11H,15H2,1H3. The summed E-state index contributed by atoms with van der Waals surface area (Å²) >= 11 is 8.82. The Bertz CT molecular complexity index is 507. The Balaban J connectivity index is 2.43. The number of hydrogen-bond donors (Lipinski definition) is 1. The van der Waals surface area contributed by atoms with E-state index in [0.29, 0.717) is 0 Å². The van der Waals surface area contributed by atoms with Crippen LogP contribution in [0.3, 0.4) is 0 Å². The molecular formula is C12H11Br2NS. The first-order chi connectivity index (χ1) is 7.59. The second-order valence-electron chi connectivity index (χ2n) is 3.57. The predicted molar refractivity (Wildman–Crippen MR) is 76.9 cm³/mol. The van der Waals surface area contributed by atoms with Crippen LogP contribution in [0.25, 0.3) is 0 Å². The number of rotatable bonds is 2. The van der Waals surface area contributed by atoms with Crippen LogP contribution in [0.2, 0.25) is 0 Å². The monoisotopic (exact) mass is 359 g/mol. The van der Waals surface area contributed by atoms with Crippen molar-refractivity contribution in [1.82, 2.24) is 0 Å². The summed E-state index contributed by atoms with van der Waals surface area (Å²) in [6.45, 7) is 2.09. The molecule has 2 aromatic rings. The van der Waals surface area contributed by atoms with Gasteiger partial charge in [0.1, 0.15) is 0 Å². The second kappa shape index (κ2) is 5.00. The third-order valence-corrected chi connectivity index (χ3v) is 5.13. The Kier molecular flexibility index (Phi) is 3.85. The molecule has 1 aromatic carbocycles. The van der Waals surface area contributed by atoms with Crippen molar-refractivity contribution in [1.29, 1.82) is 0 Å². The van der Waals surface area contributed by atoms with Gasteiger partial charge in [-0.2, -0.15) is 0 Å². The zero-order valence-corrected chi connectivity index (χ0v) is 12.7. The van der Waals surface area contributed by atoms with Crippen LogP contribution in [0.1, 0.15) is 21.4 Å². The average molecular weight is 361 g/mol. The molecule has 16 heavy (non-hydrogen) atoms. The second-order valence-corrected chi connectivity index (χ2v) is 6.56. The molecule has 1 aromatic heterocycles. The fraction of sp³-hybridized carbons (Fsp3) is 0.167. The molecule has 1 unspecified atom stereocenters. The van der Waals surface area contributed by atoms with Crippen LogP contribution in [0.15, 0.2) is 39.3 Å². The van der Waals surface area contributed by atoms with Crippen molar-refractivity contribution in [3.05, 3.63) is 54.6 Å². The largest absolute Gasteiger partial charge is 0.320 e. The molecule has 0 aliphatic rings. The lowest BCUT2D eigenvalue weighted by Crippen LogP contribution is -2.11. The number of thiophene rings is 1. The topological polar surface area (TPSA) is 26.0 Å². The summed E-state index contributed by atoms with van der Waals surface area (Å²) in [7, 11) is 0. The number of halogens is 2. The molecule has 0 bridgehead atoms. The summed E-state index contributed by atoms with van der Waals surface area (Å²) in [6.07, 6.45) is 0. The van der Waals surface area contributed by atoms with Gasteiger partial charge in [0, 0.05) is 18.7 Å². The van der Waals surface area contributed by atoms with Gasteiger partial charge < -0.3 is 5.73 Å². The van der Waals surface area contributed by atoms with Gasteiger partial charge >= 0.3 is 0 Å². The molecule has 84 valence electrons. The maximum atomic E-state index is 6.28. The van der Waals surface area contributed by atoms with Crippen molar-refractivity contribution in [3.63, 3.8) is 0 Å². The Morgan fingerprint density at radius 1 is 1.19 bits per heavy atom. The molecule has 0 radical (unpaired) electrons. The van der Waals surface area contributed by atoms with E-state index in [2.05, 4.69) is 50.9 Å². The molecule has 0 amide bonds. The Labute approximate surface area is 116 Å². The zero-order valence-electron chi connectivity index (χ0n) is 8.71. The van der Waals surface area contributed by atoms with Gasteiger partial charge in [-0.1, -0.05) is 34.1 Å². The van der Waals surface area contributed by atoms with Crippen LogP contribution < -0.4 is 5.73 Å². The number of benzene rings is 1. The minimum absolute atomic E-state index is 0.0800. The van der Waals surface area contributed by atoms with E-state index in [1.807, 2.05) is 18.2 Å². The van der Waals surface area contributed by atoms with E-state index in [1.54, 1.807) is 11.3 Å². The first kappa shape index (κ1) is 12.3. The summed E-state index contributed by atoms with van der Waals surface area (Å²) in [4.78, 5) is 2.44. The molecule has 0 aliphatic carbocycles. The van der Waals surface area contributed by atoms with Crippen LogP contribution in [-0.2, 0) is 0 Å². The van der Waals surface area contributed by atoms with Crippen molar-refractivity contribution >= 4 is 43.2 Å². The summed E-state index contributed by atoms with van der Waals surface area (Å²) in [5.41, 5.74) is 7.40. The van der Waals surface area contributed by atoms with Gasteiger partial charge in [-0.3, -0.25) is 0 Å². The lowest BCUT2D eigenvalue weighted by molar-refractivity contribution is 0.883. The quantitative estimate of drug-likeness (QED) is 0.830. The molecule has 0 spiro atoms. The maximum absolute atomic E-state index is 6.28. The SMILES string of the molecule is Cc1cc(Br)c(C(N)c2ccccc2Br)s1. The molecule has 0 saturated heterocycles. The van der Waals surface area contributed by atoms with Crippen LogP contribution in [-0.4, -0.2) is 0 Å². The molecular weight excluding hydrogens is 350 g/mol. The third kappa shape index (κ3) is 2.40. The smallest absolute Gasteiger partial charge is 0.0668 e. The van der Waals surface area contributed by atoms with Gasteiger partial charge in [0.2, 0.25) is 0 Å². The Hall–Kier alpha value is -0.160. The molecule has 1 atom stereocenters. The highest BCUT2D eigenvalue weighted by Gasteiger charge is 2.16. The van der Waals surface area contributed by atoms with Crippen molar-refractivity contribution in [2.45, 2.75) is 13.0 Å². The van der Waals surface area contributed by atoms with Gasteiger partial charge in [0.25, 0.3) is 0 Å². The van der Waals surface area contributed by atoms with E-state index in [9.17, 15) is 0 Å². The van der Waals surface area contributed by atoms with Gasteiger partial charge in [-0.15, -0.1) is 11.3 Å². The summed E-state index contributed by atoms with van der Waals surface area (Å²) < 4.78 is 2.15. The van der Waals surface area contributed by atoms with Gasteiger partial charge in [0.05, 0.1) is 6.04 Å². The van der Waals surface area contributed by atoms with Crippen molar-refractivity contribution in [2.75, 3.05) is 0 Å². The normalized spacial score (nSPS) is 12.8. The lowest BCUT2D eigenvalue weighted by atomic mass is 10.1. The van der Waals surface area contributed by atoms with E-state index >= 15 is 0 Å². The van der Waals surface area contributed by atoms with Crippen LogP contribution in [0.5, 0.6) is 0 Å². The van der Waals surface area contributed by atoms with Crippen LogP contribution >= 0.6 is 43.2 Å². The molecule has 1 nitrogen and oxygen atoms in total. The Morgan fingerprint density at radius 2 is 1.88 bits per heavy atom. The van der Waals surface area contributed by atoms with Crippen molar-refractivity contribution in [3.8, 4) is 0 Å². The number of hydrogen-bond acceptors (Lipinski definition) is 2. The van der Waals surface area contributed by atoms with E-state index < -0.39 is 0 Å². The van der Waals surface area contributed by atoms with Gasteiger partial charge in [-0.05, 0) is 40.5 Å². The van der Waals surface area contributed by atoms with Gasteiger partial charge in [-0.25, -0.2) is 0 Å². The molecule has 2 rings (SSSR count). The highest BCUT2D eigenvalue weighted by atomic mass is 79.9. The van der Waals surface area contributed by atoms with E-state index in [1.165, 1.54) is 9.75 Å². The minimum Gasteiger partial charge on any atom is -0.320 e. The van der Waals surface area contributed by atoms with E-state index in [-0.39, 0.29) is 6.04 Å². The molecule has 0 saturated carbocycles. The predicted octanol–water partition coefficient (Wildman–Crippen LogP) is 4.63. The molecule has 0 fully saturated rings. The first-order valence-electron chi connectivity index (χ1n) is 4.85. The fourth-order valence-corrected chi connectivity index (χ4v) is 4.03. The van der Waals surface area contributed by atoms with Gasteiger partial charge in [0.15, 0.2) is 0 Å². The highest BCUT2D eigenvalue weighted by molar-refractivity contribution is 9.10. The molecule has 0 aliphatic heterocycles. The summed E-state index contributed by atoms with van der Waals surface area (Å²) in [5, 5.41) is 0. The molecule has 2 N–H and O–H groups in total. The number of aryl methyl sites for hydroxylation is 1. The first-order valence-corrected chi connectivity index (χ1v) is 7.25. The summed E-state index contributed by atoms with van der Waals surface area (Å²) in [5.74, 6) is 0. The third-order valence-electron chi connectivity index (χ3n) is 2.36. The van der Waals surface area contributed by atoms with Crippen LogP contribution in [0, 0.1) is 6.92 Å². The summed E-state index contributed by atoms with van der Waals surface area (Å²) in [6, 6.07) is 10.1. The molecule has 4 heteroatoms. The molecule has 1 heterocycles. The lowest BCUT2D eigenvalue weighted by Gasteiger charge is -2.12. The van der Waals surface area contributed by atoms with E-state index in [0.717, 1.165) is 14.5 Å². The fourth-order valence-electron chi connectivity index (χ4n) is 1.58.